The van der Waals surface area contributed by atoms with E-state index in [2.05, 4.69) is 12.1 Å². The van der Waals surface area contributed by atoms with E-state index < -0.39 is 0 Å². The maximum absolute atomic E-state index is 6.32. The van der Waals surface area contributed by atoms with E-state index in [4.69, 9.17) is 46.4 Å². The van der Waals surface area contributed by atoms with Crippen molar-refractivity contribution >= 4 is 46.4 Å². The molecule has 3 rings (SSSR count). The molecule has 0 saturated carbocycles. The minimum absolute atomic E-state index is 0.560. The summed E-state index contributed by atoms with van der Waals surface area (Å²) in [6.45, 7) is 0. The monoisotopic (exact) mass is 393 g/mol. The first kappa shape index (κ1) is 17.6. The minimum atomic E-state index is 0.560. The quantitative estimate of drug-likeness (QED) is 0.436. The lowest BCUT2D eigenvalue weighted by Crippen LogP contribution is -1.99. The number of hydrogen-bond donors (Lipinski definition) is 0. The van der Waals surface area contributed by atoms with E-state index in [0.717, 1.165) is 22.3 Å². The van der Waals surface area contributed by atoms with Gasteiger partial charge in [-0.15, -0.1) is 0 Å². The largest absolute Gasteiger partial charge is 0.0827 e. The Morgan fingerprint density at radius 1 is 0.625 bits per heavy atom. The molecule has 0 amide bonds. The molecule has 0 saturated heterocycles. The summed E-state index contributed by atoms with van der Waals surface area (Å²) in [5, 5.41) is 2.30. The van der Waals surface area contributed by atoms with Gasteiger partial charge in [-0.1, -0.05) is 88.9 Å². The second-order valence-electron chi connectivity index (χ2n) is 5.45. The van der Waals surface area contributed by atoms with Crippen LogP contribution in [0.4, 0.5) is 0 Å². The molecule has 1 radical (unpaired) electrons. The van der Waals surface area contributed by atoms with Gasteiger partial charge < -0.3 is 0 Å². The summed E-state index contributed by atoms with van der Waals surface area (Å²) >= 11 is 24.9. The van der Waals surface area contributed by atoms with Crippen molar-refractivity contribution in [2.24, 2.45) is 0 Å². The van der Waals surface area contributed by atoms with Crippen LogP contribution < -0.4 is 0 Å². The summed E-state index contributed by atoms with van der Waals surface area (Å²) in [5.74, 6) is 0. The highest BCUT2D eigenvalue weighted by atomic mass is 35.5. The average molecular weight is 395 g/mol. The van der Waals surface area contributed by atoms with E-state index in [1.54, 1.807) is 12.1 Å². The fourth-order valence-electron chi connectivity index (χ4n) is 2.60. The van der Waals surface area contributed by atoms with Crippen LogP contribution in [-0.4, -0.2) is 0 Å². The van der Waals surface area contributed by atoms with Gasteiger partial charge in [0.05, 0.1) is 20.1 Å². The van der Waals surface area contributed by atoms with Gasteiger partial charge in [-0.2, -0.15) is 0 Å². The molecule has 0 fully saturated rings. The van der Waals surface area contributed by atoms with Crippen molar-refractivity contribution in [1.82, 2.24) is 0 Å². The zero-order valence-corrected chi connectivity index (χ0v) is 15.6. The topological polar surface area (TPSA) is 0 Å². The van der Waals surface area contributed by atoms with Crippen LogP contribution in [0.5, 0.6) is 0 Å². The zero-order valence-electron chi connectivity index (χ0n) is 12.6. The lowest BCUT2D eigenvalue weighted by atomic mass is 9.95. The third-order valence-corrected chi connectivity index (χ3v) is 5.57. The van der Waals surface area contributed by atoms with E-state index >= 15 is 0 Å². The van der Waals surface area contributed by atoms with Crippen LogP contribution in [0, 0.1) is 6.07 Å². The predicted molar refractivity (Wildman–Crippen MR) is 104 cm³/mol. The molecule has 4 heteroatoms. The van der Waals surface area contributed by atoms with Gasteiger partial charge in [0.1, 0.15) is 0 Å². The molecule has 0 aromatic heterocycles. The van der Waals surface area contributed by atoms with Crippen molar-refractivity contribution in [3.8, 4) is 0 Å². The highest BCUT2D eigenvalue weighted by Gasteiger charge is 2.11. The third kappa shape index (κ3) is 3.90. The van der Waals surface area contributed by atoms with Crippen molar-refractivity contribution < 1.29 is 0 Å². The molecule has 3 aromatic carbocycles. The van der Waals surface area contributed by atoms with Crippen LogP contribution in [-0.2, 0) is 12.8 Å². The molecule has 0 aliphatic rings. The van der Waals surface area contributed by atoms with Crippen LogP contribution >= 0.6 is 46.4 Å². The summed E-state index contributed by atoms with van der Waals surface area (Å²) in [5.41, 5.74) is 4.17. The Kier molecular flexibility index (Phi) is 5.73. The molecule has 0 aliphatic heterocycles. The molecule has 0 bridgehead atoms. The Hall–Kier alpha value is -1.18. The van der Waals surface area contributed by atoms with E-state index in [1.165, 1.54) is 0 Å². The standard InChI is InChI=1S/C20H13Cl4/c21-17-9-3-7-15(19(17)23)11-13-5-1-2-6-14(13)12-16-8-4-10-18(22)20(16)24/h1-5,7-10H,11-12H2. The molecule has 0 heterocycles. The highest BCUT2D eigenvalue weighted by Crippen LogP contribution is 2.30. The van der Waals surface area contributed by atoms with Crippen molar-refractivity contribution in [3.63, 3.8) is 0 Å². The van der Waals surface area contributed by atoms with Crippen LogP contribution in [0.25, 0.3) is 0 Å². The Labute approximate surface area is 161 Å². The Morgan fingerprint density at radius 2 is 1.17 bits per heavy atom. The van der Waals surface area contributed by atoms with Gasteiger partial charge in [0.25, 0.3) is 0 Å². The van der Waals surface area contributed by atoms with Crippen LogP contribution in [0.3, 0.4) is 0 Å². The molecule has 121 valence electrons. The van der Waals surface area contributed by atoms with Gasteiger partial charge in [-0.25, -0.2) is 0 Å². The van der Waals surface area contributed by atoms with Gasteiger partial charge in [0, 0.05) is 0 Å². The zero-order chi connectivity index (χ0) is 17.1. The predicted octanol–water partition coefficient (Wildman–Crippen LogP) is 7.28. The Morgan fingerprint density at radius 3 is 1.79 bits per heavy atom. The van der Waals surface area contributed by atoms with Gasteiger partial charge >= 0.3 is 0 Å². The fourth-order valence-corrected chi connectivity index (χ4v) is 3.38. The smallest absolute Gasteiger partial charge is 0.0627 e. The number of hydrogen-bond acceptors (Lipinski definition) is 0. The van der Waals surface area contributed by atoms with E-state index in [9.17, 15) is 0 Å². The first-order valence-corrected chi connectivity index (χ1v) is 8.91. The molecular formula is C20H13Cl4. The molecule has 0 N–H and O–H groups in total. The number of rotatable bonds is 4. The van der Waals surface area contributed by atoms with Crippen molar-refractivity contribution in [1.29, 1.82) is 0 Å². The van der Waals surface area contributed by atoms with Gasteiger partial charge in [0.2, 0.25) is 0 Å². The molecule has 0 atom stereocenters. The molecule has 3 aromatic rings. The molecule has 0 aliphatic carbocycles. The van der Waals surface area contributed by atoms with Crippen molar-refractivity contribution in [3.05, 3.63) is 103 Å². The summed E-state index contributed by atoms with van der Waals surface area (Å²) < 4.78 is 0. The lowest BCUT2D eigenvalue weighted by molar-refractivity contribution is 1.09. The maximum atomic E-state index is 6.32. The van der Waals surface area contributed by atoms with Crippen molar-refractivity contribution in [2.75, 3.05) is 0 Å². The van der Waals surface area contributed by atoms with Gasteiger partial charge in [-0.05, 0) is 53.3 Å². The van der Waals surface area contributed by atoms with Gasteiger partial charge in [0.15, 0.2) is 0 Å². The Bertz CT molecular complexity index is 799. The Balaban J connectivity index is 1.94. The van der Waals surface area contributed by atoms with Crippen LogP contribution in [0.1, 0.15) is 22.3 Å². The fraction of sp³-hybridized carbons (Fsp3) is 0.100. The highest BCUT2D eigenvalue weighted by molar-refractivity contribution is 6.43. The first-order valence-electron chi connectivity index (χ1n) is 7.40. The normalized spacial score (nSPS) is 10.8. The van der Waals surface area contributed by atoms with E-state index in [1.807, 2.05) is 36.4 Å². The second kappa shape index (κ2) is 7.80. The average Bonchev–Trinajstić information content (AvgIpc) is 2.58. The summed E-state index contributed by atoms with van der Waals surface area (Å²) in [6.07, 6.45) is 1.35. The van der Waals surface area contributed by atoms with E-state index in [-0.39, 0.29) is 0 Å². The molecule has 0 spiro atoms. The van der Waals surface area contributed by atoms with Gasteiger partial charge in [-0.3, -0.25) is 0 Å². The summed E-state index contributed by atoms with van der Waals surface area (Å²) in [6, 6.07) is 20.6. The minimum Gasteiger partial charge on any atom is -0.0827 e. The number of halogens is 4. The van der Waals surface area contributed by atoms with Crippen LogP contribution in [0.2, 0.25) is 20.1 Å². The number of benzene rings is 3. The molecule has 0 nitrogen and oxygen atoms in total. The lowest BCUT2D eigenvalue weighted by Gasteiger charge is -2.12. The summed E-state index contributed by atoms with van der Waals surface area (Å²) in [7, 11) is 0. The van der Waals surface area contributed by atoms with Crippen LogP contribution in [0.15, 0.2) is 54.6 Å². The third-order valence-electron chi connectivity index (χ3n) is 3.85. The summed E-state index contributed by atoms with van der Waals surface area (Å²) in [4.78, 5) is 0. The maximum Gasteiger partial charge on any atom is 0.0627 e. The van der Waals surface area contributed by atoms with E-state index in [0.29, 0.717) is 32.9 Å². The second-order valence-corrected chi connectivity index (χ2v) is 7.02. The SMILES string of the molecule is Clc1cccc(Cc2[c]cccc2Cc2cccc(Cl)c2Cl)c1Cl. The molecule has 24 heavy (non-hydrogen) atoms. The van der Waals surface area contributed by atoms with Crippen molar-refractivity contribution in [2.45, 2.75) is 12.8 Å². The molecule has 0 unspecified atom stereocenters. The molecular weight excluding hydrogens is 382 g/mol. The first-order chi connectivity index (χ1) is 11.6.